The van der Waals surface area contributed by atoms with Gasteiger partial charge in [0.05, 0.1) is 12.7 Å². The third-order valence-corrected chi connectivity index (χ3v) is 7.95. The van der Waals surface area contributed by atoms with E-state index in [1.165, 1.54) is 38.0 Å². The largest absolute Gasteiger partial charge is 0.496 e. The molecule has 1 aliphatic heterocycles. The molecule has 1 aromatic heterocycles. The van der Waals surface area contributed by atoms with Crippen LogP contribution in [0.2, 0.25) is 0 Å². The normalized spacial score (nSPS) is 14.1. The van der Waals surface area contributed by atoms with Gasteiger partial charge in [-0.1, -0.05) is 25.9 Å². The molecule has 0 aliphatic carbocycles. The smallest absolute Gasteiger partial charge is 0.328 e. The van der Waals surface area contributed by atoms with Gasteiger partial charge in [-0.2, -0.15) is 0 Å². The Labute approximate surface area is 232 Å². The van der Waals surface area contributed by atoms with Crippen molar-refractivity contribution in [2.75, 3.05) is 28.6 Å². The average molecular weight is 570 g/mol. The number of sulfonamides is 1. The van der Waals surface area contributed by atoms with Crippen LogP contribution >= 0.6 is 0 Å². The number of rotatable bonds is 7. The van der Waals surface area contributed by atoms with Crippen molar-refractivity contribution in [1.82, 2.24) is 10.5 Å². The molecule has 40 heavy (non-hydrogen) atoms. The van der Waals surface area contributed by atoms with Crippen LogP contribution in [-0.4, -0.2) is 45.1 Å². The van der Waals surface area contributed by atoms with Crippen LogP contribution in [0.3, 0.4) is 0 Å². The highest BCUT2D eigenvalue weighted by atomic mass is 32.2. The van der Waals surface area contributed by atoms with Gasteiger partial charge in [0.1, 0.15) is 11.4 Å². The van der Waals surface area contributed by atoms with E-state index < -0.39 is 27.4 Å². The third-order valence-electron chi connectivity index (χ3n) is 6.33. The summed E-state index contributed by atoms with van der Waals surface area (Å²) in [5, 5.41) is 8.79. The molecule has 0 saturated carbocycles. The molecule has 0 bridgehead atoms. The molecule has 212 valence electrons. The summed E-state index contributed by atoms with van der Waals surface area (Å²) in [7, 11) is -2.46. The van der Waals surface area contributed by atoms with Gasteiger partial charge in [-0.15, -0.1) is 0 Å². The van der Waals surface area contributed by atoms with Gasteiger partial charge in [0.2, 0.25) is 5.91 Å². The maximum absolute atomic E-state index is 13.5. The molecule has 12 nitrogen and oxygen atoms in total. The summed E-state index contributed by atoms with van der Waals surface area (Å²) < 4.78 is 38.7. The highest BCUT2D eigenvalue weighted by Crippen LogP contribution is 2.38. The Morgan fingerprint density at radius 1 is 1.10 bits per heavy atom. The van der Waals surface area contributed by atoms with Crippen molar-refractivity contribution in [1.29, 1.82) is 0 Å². The van der Waals surface area contributed by atoms with Crippen molar-refractivity contribution in [3.8, 4) is 5.75 Å². The topological polar surface area (TPSA) is 160 Å². The van der Waals surface area contributed by atoms with Gasteiger partial charge in [-0.3, -0.25) is 24.5 Å². The summed E-state index contributed by atoms with van der Waals surface area (Å²) in [6, 6.07) is 8.88. The van der Waals surface area contributed by atoms with Crippen molar-refractivity contribution in [3.05, 3.63) is 59.0 Å². The number of hydrogen-bond acceptors (Lipinski definition) is 8. The minimum Gasteiger partial charge on any atom is -0.496 e. The Morgan fingerprint density at radius 2 is 1.75 bits per heavy atom. The molecule has 1 aliphatic rings. The second-order valence-corrected chi connectivity index (χ2v) is 12.0. The lowest BCUT2D eigenvalue weighted by atomic mass is 9.84. The fourth-order valence-corrected chi connectivity index (χ4v) is 5.80. The Kier molecular flexibility index (Phi) is 7.61. The summed E-state index contributed by atoms with van der Waals surface area (Å²) in [6.07, 6.45) is 0.135. The van der Waals surface area contributed by atoms with Gasteiger partial charge in [-0.25, -0.2) is 13.2 Å². The van der Waals surface area contributed by atoms with E-state index in [1.807, 2.05) is 20.8 Å². The number of benzene rings is 2. The molecule has 0 atom stereocenters. The summed E-state index contributed by atoms with van der Waals surface area (Å²) in [4.78, 5) is 39.1. The van der Waals surface area contributed by atoms with E-state index in [9.17, 15) is 22.8 Å². The lowest BCUT2D eigenvalue weighted by Gasteiger charge is -2.30. The van der Waals surface area contributed by atoms with E-state index in [1.54, 1.807) is 24.3 Å². The second-order valence-electron chi connectivity index (χ2n) is 10.4. The lowest BCUT2D eigenvalue weighted by molar-refractivity contribution is -0.120. The molecule has 0 unspecified atom stereocenters. The van der Waals surface area contributed by atoms with Crippen molar-refractivity contribution < 1.29 is 32.1 Å². The number of urea groups is 1. The number of aromatic nitrogens is 1. The number of anilines is 3. The number of carbonyl (C=O) groups excluding carboxylic acids is 3. The fraction of sp³-hybridized carbons (Fsp3) is 0.333. The van der Waals surface area contributed by atoms with E-state index >= 15 is 0 Å². The Hall–Kier alpha value is -4.39. The quantitative estimate of drug-likeness (QED) is 0.383. The number of nitrogens with one attached hydrogen (secondary N) is 3. The van der Waals surface area contributed by atoms with Gasteiger partial charge in [-0.05, 0) is 55.7 Å². The second kappa shape index (κ2) is 10.6. The number of aryl methyl sites for hydroxylation is 2. The molecular formula is C27H31N5O7S. The number of ether oxygens (including phenoxy) is 1. The molecule has 4 rings (SSSR count). The zero-order valence-corrected chi connectivity index (χ0v) is 23.9. The summed E-state index contributed by atoms with van der Waals surface area (Å²) >= 11 is 0. The minimum absolute atomic E-state index is 0.0294. The number of amides is 4. The first kappa shape index (κ1) is 28.6. The van der Waals surface area contributed by atoms with Crippen molar-refractivity contribution in [2.24, 2.45) is 0 Å². The highest BCUT2D eigenvalue weighted by Gasteiger charge is 2.30. The zero-order chi connectivity index (χ0) is 29.4. The first-order chi connectivity index (χ1) is 18.7. The van der Waals surface area contributed by atoms with E-state index in [2.05, 4.69) is 20.5 Å². The summed E-state index contributed by atoms with van der Waals surface area (Å²) in [5.41, 5.74) is 1.82. The maximum atomic E-state index is 13.5. The Balaban J connectivity index is 1.62. The number of methoxy groups -OCH3 is 1. The molecule has 0 radical (unpaired) electrons. The van der Waals surface area contributed by atoms with Crippen LogP contribution in [0.4, 0.5) is 21.9 Å². The van der Waals surface area contributed by atoms with Gasteiger partial charge < -0.3 is 14.6 Å². The van der Waals surface area contributed by atoms with E-state index in [4.69, 9.17) is 9.26 Å². The molecule has 0 spiro atoms. The standard InChI is InChI=1S/C27H31N5O7S/c1-15-24(16(2)39-30-15)40(36,37)31-18-9-7-17(8-10-18)28-25(34)20-13-19(32-12-11-22(33)29-26(32)35)14-21(23(20)38-6)27(3,4)5/h7-10,13-14,31H,11-12H2,1-6H3,(H,28,34)(H,29,33,35). The monoisotopic (exact) mass is 569 g/mol. The number of imide groups is 1. The molecule has 4 amide bonds. The number of carbonyl (C=O) groups is 3. The first-order valence-electron chi connectivity index (χ1n) is 12.4. The van der Waals surface area contributed by atoms with Gasteiger partial charge in [0.15, 0.2) is 10.7 Å². The van der Waals surface area contributed by atoms with Crippen LogP contribution in [0.15, 0.2) is 45.8 Å². The van der Waals surface area contributed by atoms with Crippen molar-refractivity contribution >= 4 is 44.9 Å². The number of nitrogens with zero attached hydrogens (tertiary/aromatic N) is 2. The third kappa shape index (κ3) is 5.78. The maximum Gasteiger partial charge on any atom is 0.328 e. The van der Waals surface area contributed by atoms with Gasteiger partial charge >= 0.3 is 6.03 Å². The van der Waals surface area contributed by atoms with Gasteiger partial charge in [0.25, 0.3) is 15.9 Å². The van der Waals surface area contributed by atoms with E-state index in [0.29, 0.717) is 22.7 Å². The molecule has 1 saturated heterocycles. The van der Waals surface area contributed by atoms with Gasteiger partial charge in [0, 0.05) is 35.6 Å². The fourth-order valence-electron chi connectivity index (χ4n) is 4.41. The van der Waals surface area contributed by atoms with Crippen LogP contribution in [0.25, 0.3) is 0 Å². The van der Waals surface area contributed by atoms with E-state index in [-0.39, 0.29) is 46.5 Å². The Bertz CT molecular complexity index is 1570. The highest BCUT2D eigenvalue weighted by molar-refractivity contribution is 7.92. The summed E-state index contributed by atoms with van der Waals surface area (Å²) in [5.74, 6) is -0.331. The molecular weight excluding hydrogens is 538 g/mol. The molecule has 3 N–H and O–H groups in total. The minimum atomic E-state index is -3.93. The zero-order valence-electron chi connectivity index (χ0n) is 23.0. The van der Waals surface area contributed by atoms with Crippen molar-refractivity contribution in [3.63, 3.8) is 0 Å². The van der Waals surface area contributed by atoms with Crippen LogP contribution in [0.1, 0.15) is 54.6 Å². The molecule has 3 aromatic rings. The molecule has 1 fully saturated rings. The molecule has 2 heterocycles. The first-order valence-corrected chi connectivity index (χ1v) is 13.9. The average Bonchev–Trinajstić information content (AvgIpc) is 3.22. The van der Waals surface area contributed by atoms with Crippen LogP contribution in [0.5, 0.6) is 5.75 Å². The predicted octanol–water partition coefficient (Wildman–Crippen LogP) is 4.10. The summed E-state index contributed by atoms with van der Waals surface area (Å²) in [6.45, 7) is 9.09. The van der Waals surface area contributed by atoms with Crippen LogP contribution in [0, 0.1) is 13.8 Å². The molecule has 2 aromatic carbocycles. The lowest BCUT2D eigenvalue weighted by Crippen LogP contribution is -2.49. The van der Waals surface area contributed by atoms with Crippen LogP contribution in [-0.2, 0) is 20.2 Å². The molecule has 13 heteroatoms. The SMILES string of the molecule is COc1c(C(=O)Nc2ccc(NS(=O)(=O)c3c(C)noc3C)cc2)cc(N2CCC(=O)NC2=O)cc1C(C)(C)C. The van der Waals surface area contributed by atoms with E-state index in [0.717, 1.165) is 0 Å². The number of hydrogen-bond donors (Lipinski definition) is 3. The Morgan fingerprint density at radius 3 is 2.30 bits per heavy atom. The predicted molar refractivity (Wildman–Crippen MR) is 148 cm³/mol. The van der Waals surface area contributed by atoms with Crippen molar-refractivity contribution in [2.45, 2.75) is 51.3 Å². The van der Waals surface area contributed by atoms with Crippen LogP contribution < -0.4 is 25.0 Å².